The second kappa shape index (κ2) is 8.45. The van der Waals surface area contributed by atoms with Gasteiger partial charge in [0.2, 0.25) is 5.43 Å². The Morgan fingerprint density at radius 2 is 1.83 bits per heavy atom. The first-order chi connectivity index (χ1) is 13.8. The molecule has 6 nitrogen and oxygen atoms in total. The molecule has 1 aromatic heterocycles. The first kappa shape index (κ1) is 20.5. The fourth-order valence-corrected chi connectivity index (χ4v) is 3.30. The molecule has 0 unspecified atom stereocenters. The van der Waals surface area contributed by atoms with Crippen molar-refractivity contribution in [1.29, 1.82) is 0 Å². The van der Waals surface area contributed by atoms with Crippen molar-refractivity contribution in [3.8, 4) is 16.9 Å². The third kappa shape index (κ3) is 4.46. The fourth-order valence-electron chi connectivity index (χ4n) is 3.30. The van der Waals surface area contributed by atoms with Crippen molar-refractivity contribution in [1.82, 2.24) is 4.90 Å². The van der Waals surface area contributed by atoms with Gasteiger partial charge in [0.1, 0.15) is 22.9 Å². The SMILES string of the molecule is CN(C)Cc1c(O)ccc2c(=O)c(-c3ccc(F)cc3)c(CCCC(=O)O)oc12. The average molecular weight is 399 g/mol. The number of hydrogen-bond acceptors (Lipinski definition) is 5. The second-order valence-electron chi connectivity index (χ2n) is 7.16. The number of halogens is 1. The van der Waals surface area contributed by atoms with Gasteiger partial charge >= 0.3 is 5.97 Å². The van der Waals surface area contributed by atoms with Crippen molar-refractivity contribution in [2.45, 2.75) is 25.8 Å². The number of carboxylic acids is 1. The number of aromatic hydroxyl groups is 1. The van der Waals surface area contributed by atoms with Gasteiger partial charge in [0.15, 0.2) is 0 Å². The van der Waals surface area contributed by atoms with Crippen molar-refractivity contribution in [2.24, 2.45) is 0 Å². The number of phenols is 1. The average Bonchev–Trinajstić information content (AvgIpc) is 2.65. The first-order valence-corrected chi connectivity index (χ1v) is 9.21. The molecule has 0 saturated carbocycles. The molecule has 0 amide bonds. The Morgan fingerprint density at radius 3 is 2.45 bits per heavy atom. The van der Waals surface area contributed by atoms with Crippen LogP contribution < -0.4 is 5.43 Å². The molecule has 7 heteroatoms. The molecule has 0 saturated heterocycles. The molecule has 152 valence electrons. The molecule has 0 aliphatic rings. The standard InChI is InChI=1S/C22H22FNO5/c1-24(2)12-16-17(25)11-10-15-21(28)20(13-6-8-14(23)9-7-13)18(29-22(15)16)4-3-5-19(26)27/h6-11,25H,3-5,12H2,1-2H3,(H,26,27). The molecule has 3 aromatic rings. The number of fused-ring (bicyclic) bond motifs is 1. The predicted octanol–water partition coefficient (Wildman–Crippen LogP) is 3.77. The van der Waals surface area contributed by atoms with Crippen LogP contribution in [0.1, 0.15) is 24.2 Å². The maximum atomic E-state index is 13.4. The highest BCUT2D eigenvalue weighted by Crippen LogP contribution is 2.32. The maximum absolute atomic E-state index is 13.4. The van der Waals surface area contributed by atoms with E-state index in [1.54, 1.807) is 0 Å². The van der Waals surface area contributed by atoms with Gasteiger partial charge in [-0.1, -0.05) is 12.1 Å². The van der Waals surface area contributed by atoms with E-state index in [1.807, 2.05) is 19.0 Å². The Kier molecular flexibility index (Phi) is 5.98. The van der Waals surface area contributed by atoms with Gasteiger partial charge in [-0.25, -0.2) is 4.39 Å². The Balaban J connectivity index is 2.25. The lowest BCUT2D eigenvalue weighted by molar-refractivity contribution is -0.137. The summed E-state index contributed by atoms with van der Waals surface area (Å²) in [6, 6.07) is 8.47. The van der Waals surface area contributed by atoms with Gasteiger partial charge in [0, 0.05) is 19.4 Å². The molecule has 0 fully saturated rings. The molecule has 0 atom stereocenters. The molecule has 29 heavy (non-hydrogen) atoms. The number of aryl methyl sites for hydroxylation is 1. The molecule has 3 rings (SSSR count). The zero-order chi connectivity index (χ0) is 21.1. The third-order valence-electron chi connectivity index (χ3n) is 4.61. The summed E-state index contributed by atoms with van der Waals surface area (Å²) >= 11 is 0. The smallest absolute Gasteiger partial charge is 0.303 e. The molecular formula is C22H22FNO5. The summed E-state index contributed by atoms with van der Waals surface area (Å²) in [5.41, 5.74) is 1.23. The molecule has 0 aliphatic heterocycles. The molecule has 0 radical (unpaired) electrons. The predicted molar refractivity (Wildman–Crippen MR) is 108 cm³/mol. The number of phenolic OH excluding ortho intramolecular Hbond substituents is 1. The van der Waals surface area contributed by atoms with Crippen LogP contribution in [0.3, 0.4) is 0 Å². The van der Waals surface area contributed by atoms with Crippen LogP contribution in [-0.4, -0.2) is 35.2 Å². The van der Waals surface area contributed by atoms with Gasteiger partial charge in [0.25, 0.3) is 0 Å². The zero-order valence-corrected chi connectivity index (χ0v) is 16.2. The Morgan fingerprint density at radius 1 is 1.14 bits per heavy atom. The van der Waals surface area contributed by atoms with E-state index in [1.165, 1.54) is 36.4 Å². The summed E-state index contributed by atoms with van der Waals surface area (Å²) < 4.78 is 19.4. The van der Waals surface area contributed by atoms with Gasteiger partial charge in [-0.05, 0) is 50.3 Å². The van der Waals surface area contributed by atoms with Gasteiger partial charge in [-0.15, -0.1) is 0 Å². The molecular weight excluding hydrogens is 377 g/mol. The monoisotopic (exact) mass is 399 g/mol. The van der Waals surface area contributed by atoms with Crippen LogP contribution in [0.4, 0.5) is 4.39 Å². The normalized spacial score (nSPS) is 11.3. The van der Waals surface area contributed by atoms with E-state index < -0.39 is 11.8 Å². The Labute approximate surface area is 166 Å². The molecule has 2 N–H and O–H groups in total. The third-order valence-corrected chi connectivity index (χ3v) is 4.61. The first-order valence-electron chi connectivity index (χ1n) is 9.21. The van der Waals surface area contributed by atoms with E-state index in [9.17, 15) is 19.1 Å². The lowest BCUT2D eigenvalue weighted by Crippen LogP contribution is -2.14. The van der Waals surface area contributed by atoms with E-state index in [2.05, 4.69) is 0 Å². The molecule has 0 spiro atoms. The highest BCUT2D eigenvalue weighted by molar-refractivity contribution is 5.86. The fraction of sp³-hybridized carbons (Fsp3) is 0.273. The number of rotatable bonds is 7. The van der Waals surface area contributed by atoms with Crippen molar-refractivity contribution in [2.75, 3.05) is 14.1 Å². The highest BCUT2D eigenvalue weighted by Gasteiger charge is 2.20. The number of aliphatic carboxylic acids is 1. The van der Waals surface area contributed by atoms with E-state index in [4.69, 9.17) is 9.52 Å². The van der Waals surface area contributed by atoms with E-state index in [-0.39, 0.29) is 41.6 Å². The number of carbonyl (C=O) groups is 1. The summed E-state index contributed by atoms with van der Waals surface area (Å²) in [6.07, 6.45) is 0.427. The minimum Gasteiger partial charge on any atom is -0.507 e. The van der Waals surface area contributed by atoms with E-state index in [0.29, 0.717) is 28.8 Å². The summed E-state index contributed by atoms with van der Waals surface area (Å²) in [5.74, 6) is -1.03. The van der Waals surface area contributed by atoms with Crippen LogP contribution in [0, 0.1) is 5.82 Å². The molecule has 0 aliphatic carbocycles. The van der Waals surface area contributed by atoms with Crippen LogP contribution in [0.15, 0.2) is 45.6 Å². The van der Waals surface area contributed by atoms with Gasteiger partial charge < -0.3 is 19.5 Å². The van der Waals surface area contributed by atoms with Crippen molar-refractivity contribution >= 4 is 16.9 Å². The highest BCUT2D eigenvalue weighted by atomic mass is 19.1. The number of nitrogens with zero attached hydrogens (tertiary/aromatic N) is 1. The van der Waals surface area contributed by atoms with Crippen LogP contribution in [0.5, 0.6) is 5.75 Å². The van der Waals surface area contributed by atoms with Crippen molar-refractivity contribution < 1.29 is 23.8 Å². The molecule has 2 aromatic carbocycles. The van der Waals surface area contributed by atoms with Gasteiger partial charge in [-0.3, -0.25) is 9.59 Å². The van der Waals surface area contributed by atoms with Gasteiger partial charge in [-0.2, -0.15) is 0 Å². The van der Waals surface area contributed by atoms with Crippen LogP contribution in [0.2, 0.25) is 0 Å². The lowest BCUT2D eigenvalue weighted by atomic mass is 9.98. The summed E-state index contributed by atoms with van der Waals surface area (Å²) in [6.45, 7) is 0.358. The number of carboxylic acid groups (broad SMARTS) is 1. The van der Waals surface area contributed by atoms with Crippen molar-refractivity contribution in [3.63, 3.8) is 0 Å². The van der Waals surface area contributed by atoms with Crippen LogP contribution in [-0.2, 0) is 17.8 Å². The number of hydrogen-bond donors (Lipinski definition) is 2. The Bertz CT molecular complexity index is 1100. The topological polar surface area (TPSA) is 91.0 Å². The maximum Gasteiger partial charge on any atom is 0.303 e. The second-order valence-corrected chi connectivity index (χ2v) is 7.16. The lowest BCUT2D eigenvalue weighted by Gasteiger charge is -2.16. The Hall–Kier alpha value is -3.19. The summed E-state index contributed by atoms with van der Waals surface area (Å²) in [5, 5.41) is 19.5. The molecule has 0 bridgehead atoms. The van der Waals surface area contributed by atoms with Crippen molar-refractivity contribution in [3.05, 3.63) is 63.8 Å². The van der Waals surface area contributed by atoms with E-state index >= 15 is 0 Å². The van der Waals surface area contributed by atoms with Crippen LogP contribution >= 0.6 is 0 Å². The largest absolute Gasteiger partial charge is 0.507 e. The summed E-state index contributed by atoms with van der Waals surface area (Å²) in [7, 11) is 3.66. The van der Waals surface area contributed by atoms with E-state index in [0.717, 1.165) is 0 Å². The molecule has 1 heterocycles. The van der Waals surface area contributed by atoms with Gasteiger partial charge in [0.05, 0.1) is 16.5 Å². The minimum atomic E-state index is -0.942. The summed E-state index contributed by atoms with van der Waals surface area (Å²) in [4.78, 5) is 26.1. The zero-order valence-electron chi connectivity index (χ0n) is 16.2. The quantitative estimate of drug-likeness (QED) is 0.628. The minimum absolute atomic E-state index is 0.0142. The number of benzene rings is 2. The van der Waals surface area contributed by atoms with Crippen LogP contribution in [0.25, 0.3) is 22.1 Å².